The highest BCUT2D eigenvalue weighted by atomic mass is 32.1. The van der Waals surface area contributed by atoms with Crippen molar-refractivity contribution >= 4 is 11.3 Å². The van der Waals surface area contributed by atoms with Gasteiger partial charge in [0.15, 0.2) is 11.5 Å². The minimum absolute atomic E-state index is 0.0423. The minimum atomic E-state index is -0.297. The summed E-state index contributed by atoms with van der Waals surface area (Å²) in [5.74, 6) is 1.35. The predicted octanol–water partition coefficient (Wildman–Crippen LogP) is 3.09. The molecule has 2 aromatic heterocycles. The highest BCUT2D eigenvalue weighted by Crippen LogP contribution is 2.37. The van der Waals surface area contributed by atoms with Crippen LogP contribution < -0.4 is 9.47 Å². The Hall–Kier alpha value is -2.39. The highest BCUT2D eigenvalue weighted by molar-refractivity contribution is 7.15. The van der Waals surface area contributed by atoms with Gasteiger partial charge in [0, 0.05) is 24.2 Å². The van der Waals surface area contributed by atoms with E-state index in [1.54, 1.807) is 31.8 Å². The number of aliphatic hydroxyl groups is 1. The molecule has 0 radical (unpaired) electrons. The molecule has 0 spiro atoms. The minimum Gasteiger partial charge on any atom is -0.493 e. The molecule has 0 saturated carbocycles. The van der Waals surface area contributed by atoms with E-state index in [-0.39, 0.29) is 18.8 Å². The van der Waals surface area contributed by atoms with Gasteiger partial charge in [-0.15, -0.1) is 11.3 Å². The molecule has 0 unspecified atom stereocenters. The molecule has 1 saturated heterocycles. The van der Waals surface area contributed by atoms with E-state index in [1.807, 2.05) is 24.3 Å². The van der Waals surface area contributed by atoms with Gasteiger partial charge in [-0.1, -0.05) is 6.07 Å². The summed E-state index contributed by atoms with van der Waals surface area (Å²) in [7, 11) is 3.25. The molecule has 0 bridgehead atoms. The largest absolute Gasteiger partial charge is 0.493 e. The van der Waals surface area contributed by atoms with Crippen molar-refractivity contribution in [3.05, 3.63) is 53.0 Å². The first kappa shape index (κ1) is 19.9. The van der Waals surface area contributed by atoms with E-state index in [9.17, 15) is 5.11 Å². The van der Waals surface area contributed by atoms with E-state index in [1.165, 1.54) is 4.88 Å². The van der Waals surface area contributed by atoms with Gasteiger partial charge in [0.1, 0.15) is 6.10 Å². The smallest absolute Gasteiger partial charge is 0.161 e. The van der Waals surface area contributed by atoms with Crippen molar-refractivity contribution in [1.29, 1.82) is 0 Å². The van der Waals surface area contributed by atoms with Crippen molar-refractivity contribution in [2.45, 2.75) is 18.7 Å². The van der Waals surface area contributed by atoms with E-state index >= 15 is 0 Å². The summed E-state index contributed by atoms with van der Waals surface area (Å²) >= 11 is 1.74. The lowest BCUT2D eigenvalue weighted by Crippen LogP contribution is -2.46. The molecule has 0 amide bonds. The van der Waals surface area contributed by atoms with E-state index < -0.39 is 0 Å². The third-order valence-electron chi connectivity index (χ3n) is 5.17. The number of aromatic nitrogens is 2. The number of ether oxygens (including phenoxy) is 3. The van der Waals surface area contributed by atoms with Crippen LogP contribution in [-0.2, 0) is 11.3 Å². The molecular weight excluding hydrogens is 390 g/mol. The Kier molecular flexibility index (Phi) is 6.15. The fourth-order valence-electron chi connectivity index (χ4n) is 3.78. The van der Waals surface area contributed by atoms with Gasteiger partial charge in [0.2, 0.25) is 0 Å². The molecule has 1 fully saturated rings. The van der Waals surface area contributed by atoms with Gasteiger partial charge in [-0.3, -0.25) is 10.00 Å². The summed E-state index contributed by atoms with van der Waals surface area (Å²) in [6, 6.07) is 12.0. The zero-order valence-corrected chi connectivity index (χ0v) is 17.3. The van der Waals surface area contributed by atoms with Gasteiger partial charge < -0.3 is 19.3 Å². The number of nitrogens with zero attached hydrogens (tertiary/aromatic N) is 2. The summed E-state index contributed by atoms with van der Waals surface area (Å²) in [6.45, 7) is 2.11. The molecule has 2 atom stereocenters. The lowest BCUT2D eigenvalue weighted by atomic mass is 9.97. The number of thiophene rings is 1. The van der Waals surface area contributed by atoms with Crippen LogP contribution >= 0.6 is 11.3 Å². The molecule has 154 valence electrons. The van der Waals surface area contributed by atoms with Crippen LogP contribution in [0.5, 0.6) is 11.5 Å². The maximum atomic E-state index is 9.95. The number of methoxy groups -OCH3 is 2. The fraction of sp³-hybridized carbons (Fsp3) is 0.381. The molecule has 4 rings (SSSR count). The maximum absolute atomic E-state index is 9.95. The molecule has 1 aliphatic heterocycles. The Morgan fingerprint density at radius 3 is 2.79 bits per heavy atom. The number of morpholine rings is 1. The van der Waals surface area contributed by atoms with E-state index in [0.29, 0.717) is 18.1 Å². The monoisotopic (exact) mass is 415 g/mol. The molecule has 3 heterocycles. The summed E-state index contributed by atoms with van der Waals surface area (Å²) < 4.78 is 16.7. The highest BCUT2D eigenvalue weighted by Gasteiger charge is 2.34. The summed E-state index contributed by atoms with van der Waals surface area (Å²) in [4.78, 5) is 4.76. The second-order valence-electron chi connectivity index (χ2n) is 6.86. The number of aromatic amines is 1. The van der Waals surface area contributed by atoms with Gasteiger partial charge in [-0.2, -0.15) is 5.10 Å². The average molecular weight is 416 g/mol. The first-order valence-electron chi connectivity index (χ1n) is 9.50. The number of hydrogen-bond donors (Lipinski definition) is 2. The third-order valence-corrected chi connectivity index (χ3v) is 6.28. The molecule has 2 N–H and O–H groups in total. The molecule has 8 heteroatoms. The maximum Gasteiger partial charge on any atom is 0.161 e. The SMILES string of the molecule is COc1ccc([C@@H]2[C@@H](CO)OCCN2Cc2ccc(-c3ccn[nH]3)s2)cc1OC. The Morgan fingerprint density at radius 2 is 2.07 bits per heavy atom. The quantitative estimate of drug-likeness (QED) is 0.617. The number of aliphatic hydroxyl groups excluding tert-OH is 1. The molecule has 7 nitrogen and oxygen atoms in total. The van der Waals surface area contributed by atoms with E-state index in [0.717, 1.165) is 29.2 Å². The Labute approximate surface area is 173 Å². The lowest BCUT2D eigenvalue weighted by molar-refractivity contribution is -0.0958. The second kappa shape index (κ2) is 8.96. The van der Waals surface area contributed by atoms with Crippen LogP contribution in [0.2, 0.25) is 0 Å². The average Bonchev–Trinajstić information content (AvgIpc) is 3.45. The van der Waals surface area contributed by atoms with Crippen molar-refractivity contribution in [3.63, 3.8) is 0 Å². The molecular formula is C21H25N3O4S. The normalized spacial score (nSPS) is 20.0. The van der Waals surface area contributed by atoms with Crippen molar-refractivity contribution < 1.29 is 19.3 Å². The van der Waals surface area contributed by atoms with Crippen LogP contribution in [0.15, 0.2) is 42.6 Å². The van der Waals surface area contributed by atoms with Crippen LogP contribution in [0.3, 0.4) is 0 Å². The zero-order chi connectivity index (χ0) is 20.2. The van der Waals surface area contributed by atoms with Gasteiger partial charge in [-0.25, -0.2) is 0 Å². The molecule has 1 aromatic carbocycles. The molecule has 3 aromatic rings. The van der Waals surface area contributed by atoms with Crippen LogP contribution in [0.25, 0.3) is 10.6 Å². The molecule has 29 heavy (non-hydrogen) atoms. The second-order valence-corrected chi connectivity index (χ2v) is 8.03. The van der Waals surface area contributed by atoms with Crippen molar-refractivity contribution in [2.75, 3.05) is 34.0 Å². The van der Waals surface area contributed by atoms with E-state index in [4.69, 9.17) is 14.2 Å². The molecule has 0 aliphatic carbocycles. The van der Waals surface area contributed by atoms with Crippen LogP contribution in [-0.4, -0.2) is 60.3 Å². The Bertz CT molecular complexity index is 928. The summed E-state index contributed by atoms with van der Waals surface area (Å²) in [5, 5.41) is 17.0. The van der Waals surface area contributed by atoms with Gasteiger partial charge >= 0.3 is 0 Å². The fourth-order valence-corrected chi connectivity index (χ4v) is 4.79. The zero-order valence-electron chi connectivity index (χ0n) is 16.5. The third kappa shape index (κ3) is 4.16. The summed E-state index contributed by atoms with van der Waals surface area (Å²) in [6.07, 6.45) is 1.46. The lowest BCUT2D eigenvalue weighted by Gasteiger charge is -2.40. The topological polar surface area (TPSA) is 79.8 Å². The van der Waals surface area contributed by atoms with Gasteiger partial charge in [0.25, 0.3) is 0 Å². The van der Waals surface area contributed by atoms with Crippen LogP contribution in [0.1, 0.15) is 16.5 Å². The number of rotatable bonds is 7. The van der Waals surface area contributed by atoms with Crippen molar-refractivity contribution in [1.82, 2.24) is 15.1 Å². The van der Waals surface area contributed by atoms with Crippen LogP contribution in [0, 0.1) is 0 Å². The predicted molar refractivity (Wildman–Crippen MR) is 111 cm³/mol. The van der Waals surface area contributed by atoms with Gasteiger partial charge in [0.05, 0.1) is 44.0 Å². The number of benzene rings is 1. The van der Waals surface area contributed by atoms with E-state index in [2.05, 4.69) is 27.2 Å². The first-order chi connectivity index (χ1) is 14.2. The standard InChI is InChI=1S/C21H25N3O4S/c1-26-17-5-3-14(11-18(17)27-2)21-19(13-25)28-10-9-24(21)12-15-4-6-20(29-15)16-7-8-22-23-16/h3-8,11,19,21,25H,9-10,12-13H2,1-2H3,(H,22,23)/t19-,21-/m1/s1. The molecule has 1 aliphatic rings. The summed E-state index contributed by atoms with van der Waals surface area (Å²) in [5.41, 5.74) is 2.06. The Balaban J connectivity index is 1.61. The number of H-pyrrole nitrogens is 1. The van der Waals surface area contributed by atoms with Crippen molar-refractivity contribution in [3.8, 4) is 22.1 Å². The number of hydrogen-bond acceptors (Lipinski definition) is 7. The van der Waals surface area contributed by atoms with Gasteiger partial charge in [-0.05, 0) is 35.9 Å². The Morgan fingerprint density at radius 1 is 1.21 bits per heavy atom. The number of nitrogens with one attached hydrogen (secondary N) is 1. The van der Waals surface area contributed by atoms with Crippen LogP contribution in [0.4, 0.5) is 0 Å². The van der Waals surface area contributed by atoms with Crippen molar-refractivity contribution in [2.24, 2.45) is 0 Å². The first-order valence-corrected chi connectivity index (χ1v) is 10.3.